The first kappa shape index (κ1) is 14.7. The fourth-order valence-electron chi connectivity index (χ4n) is 1.82. The largest absolute Gasteiger partial charge is 0.327 e. The molecule has 2 aromatic carbocycles. The Labute approximate surface area is 128 Å². The molecule has 0 amide bonds. The second-order valence-electron chi connectivity index (χ2n) is 4.41. The zero-order valence-electron chi connectivity index (χ0n) is 10.5. The Hall–Kier alpha value is -0.670. The first-order valence-electron chi connectivity index (χ1n) is 5.99. The smallest absolute Gasteiger partial charge is 0.0492 e. The van der Waals surface area contributed by atoms with Crippen molar-refractivity contribution in [3.8, 4) is 0 Å². The van der Waals surface area contributed by atoms with Gasteiger partial charge in [-0.2, -0.15) is 0 Å². The summed E-state index contributed by atoms with van der Waals surface area (Å²) < 4.78 is 0. The average molecular weight is 312 g/mol. The van der Waals surface area contributed by atoms with Crippen molar-refractivity contribution >= 4 is 35.0 Å². The lowest BCUT2D eigenvalue weighted by atomic mass is 10.1. The molecule has 19 heavy (non-hydrogen) atoms. The van der Waals surface area contributed by atoms with Crippen molar-refractivity contribution in [2.24, 2.45) is 5.73 Å². The number of benzene rings is 2. The Morgan fingerprint density at radius 2 is 1.68 bits per heavy atom. The maximum atomic E-state index is 6.11. The number of hydrogen-bond donors (Lipinski definition) is 1. The Bertz CT molecular complexity index is 540. The first-order chi connectivity index (χ1) is 9.06. The summed E-state index contributed by atoms with van der Waals surface area (Å²) in [6.07, 6.45) is 0. The van der Waals surface area contributed by atoms with Crippen LogP contribution in [-0.2, 0) is 0 Å². The van der Waals surface area contributed by atoms with E-state index in [1.807, 2.05) is 55.5 Å². The third kappa shape index (κ3) is 4.15. The van der Waals surface area contributed by atoms with Gasteiger partial charge in [-0.05, 0) is 42.8 Å². The molecule has 2 unspecified atom stereocenters. The fourth-order valence-corrected chi connectivity index (χ4v) is 3.35. The Morgan fingerprint density at radius 1 is 1.00 bits per heavy atom. The van der Waals surface area contributed by atoms with Gasteiger partial charge in [-0.25, -0.2) is 0 Å². The molecule has 0 aliphatic carbocycles. The van der Waals surface area contributed by atoms with Gasteiger partial charge in [0.15, 0.2) is 0 Å². The zero-order valence-corrected chi connectivity index (χ0v) is 12.8. The van der Waals surface area contributed by atoms with Crippen molar-refractivity contribution < 1.29 is 0 Å². The Kier molecular flexibility index (Phi) is 5.17. The standard InChI is InChI=1S/C15H15Cl2NS/c1-10(18)15(11-5-7-12(16)8-6-11)19-14-4-2-3-13(17)9-14/h2-10,15H,18H2,1H3. The Morgan fingerprint density at radius 3 is 2.26 bits per heavy atom. The second-order valence-corrected chi connectivity index (χ2v) is 6.49. The molecule has 100 valence electrons. The predicted octanol–water partition coefficient (Wildman–Crippen LogP) is 5.17. The average Bonchev–Trinajstić information content (AvgIpc) is 2.37. The highest BCUT2D eigenvalue weighted by atomic mass is 35.5. The summed E-state index contributed by atoms with van der Waals surface area (Å²) in [5.74, 6) is 0. The molecule has 0 aliphatic rings. The van der Waals surface area contributed by atoms with Crippen LogP contribution in [0.3, 0.4) is 0 Å². The molecule has 0 heterocycles. The number of thioether (sulfide) groups is 1. The molecular weight excluding hydrogens is 297 g/mol. The maximum absolute atomic E-state index is 6.11. The molecule has 1 nitrogen and oxygen atoms in total. The van der Waals surface area contributed by atoms with Crippen LogP contribution in [0.15, 0.2) is 53.4 Å². The van der Waals surface area contributed by atoms with Gasteiger partial charge in [0.2, 0.25) is 0 Å². The molecule has 4 heteroatoms. The minimum Gasteiger partial charge on any atom is -0.327 e. The lowest BCUT2D eigenvalue weighted by Gasteiger charge is -2.21. The van der Waals surface area contributed by atoms with Crippen molar-refractivity contribution in [3.05, 3.63) is 64.1 Å². The molecule has 2 N–H and O–H groups in total. The van der Waals surface area contributed by atoms with Crippen molar-refractivity contribution in [3.63, 3.8) is 0 Å². The predicted molar refractivity (Wildman–Crippen MR) is 85.2 cm³/mol. The van der Waals surface area contributed by atoms with E-state index >= 15 is 0 Å². The summed E-state index contributed by atoms with van der Waals surface area (Å²) in [6, 6.07) is 15.7. The SMILES string of the molecule is CC(N)C(Sc1cccc(Cl)c1)c1ccc(Cl)cc1. The molecule has 2 aromatic rings. The fraction of sp³-hybridized carbons (Fsp3) is 0.200. The summed E-state index contributed by atoms with van der Waals surface area (Å²) in [6.45, 7) is 2.01. The van der Waals surface area contributed by atoms with Crippen LogP contribution in [0.25, 0.3) is 0 Å². The molecule has 0 saturated carbocycles. The number of hydrogen-bond acceptors (Lipinski definition) is 2. The van der Waals surface area contributed by atoms with Gasteiger partial charge in [-0.15, -0.1) is 11.8 Å². The van der Waals surface area contributed by atoms with Crippen LogP contribution in [0.2, 0.25) is 10.0 Å². The topological polar surface area (TPSA) is 26.0 Å². The van der Waals surface area contributed by atoms with Crippen molar-refractivity contribution in [2.45, 2.75) is 23.1 Å². The van der Waals surface area contributed by atoms with Gasteiger partial charge in [0.1, 0.15) is 0 Å². The van der Waals surface area contributed by atoms with Gasteiger partial charge in [0.05, 0.1) is 0 Å². The normalized spacial score (nSPS) is 14.1. The van der Waals surface area contributed by atoms with Crippen molar-refractivity contribution in [2.75, 3.05) is 0 Å². The number of nitrogens with two attached hydrogens (primary N) is 1. The van der Waals surface area contributed by atoms with E-state index in [4.69, 9.17) is 28.9 Å². The monoisotopic (exact) mass is 311 g/mol. The highest BCUT2D eigenvalue weighted by Gasteiger charge is 2.17. The minimum atomic E-state index is 0.0326. The van der Waals surface area contributed by atoms with Crippen molar-refractivity contribution in [1.29, 1.82) is 0 Å². The number of halogens is 2. The molecule has 0 radical (unpaired) electrons. The van der Waals surface area contributed by atoms with Crippen LogP contribution >= 0.6 is 35.0 Å². The van der Waals surface area contributed by atoms with Gasteiger partial charge in [-0.3, -0.25) is 0 Å². The highest BCUT2D eigenvalue weighted by Crippen LogP contribution is 2.38. The number of rotatable bonds is 4. The summed E-state index contributed by atoms with van der Waals surface area (Å²) in [4.78, 5) is 1.12. The molecule has 0 spiro atoms. The van der Waals surface area contributed by atoms with Gasteiger partial charge < -0.3 is 5.73 Å². The van der Waals surface area contributed by atoms with Gasteiger partial charge in [0.25, 0.3) is 0 Å². The van der Waals surface area contributed by atoms with Crippen molar-refractivity contribution in [1.82, 2.24) is 0 Å². The second kappa shape index (κ2) is 6.67. The molecule has 0 aliphatic heterocycles. The maximum Gasteiger partial charge on any atom is 0.0492 e. The third-order valence-electron chi connectivity index (χ3n) is 2.74. The molecular formula is C15H15Cl2NS. The molecule has 2 atom stereocenters. The lowest BCUT2D eigenvalue weighted by molar-refractivity contribution is 0.721. The van der Waals surface area contributed by atoms with Gasteiger partial charge in [-0.1, -0.05) is 41.4 Å². The van der Waals surface area contributed by atoms with Crippen LogP contribution in [0, 0.1) is 0 Å². The zero-order chi connectivity index (χ0) is 13.8. The van der Waals surface area contributed by atoms with E-state index in [9.17, 15) is 0 Å². The van der Waals surface area contributed by atoms with E-state index in [0.29, 0.717) is 0 Å². The molecule has 0 saturated heterocycles. The van der Waals surface area contributed by atoms with Crippen LogP contribution in [0.1, 0.15) is 17.7 Å². The molecule has 0 fully saturated rings. The highest BCUT2D eigenvalue weighted by molar-refractivity contribution is 7.99. The molecule has 0 aromatic heterocycles. The van der Waals surface area contributed by atoms with Crippen LogP contribution < -0.4 is 5.73 Å². The van der Waals surface area contributed by atoms with Crippen LogP contribution in [0.4, 0.5) is 0 Å². The first-order valence-corrected chi connectivity index (χ1v) is 7.63. The summed E-state index contributed by atoms with van der Waals surface area (Å²) >= 11 is 13.7. The minimum absolute atomic E-state index is 0.0326. The summed E-state index contributed by atoms with van der Waals surface area (Å²) in [5.41, 5.74) is 7.28. The Balaban J connectivity index is 2.23. The lowest BCUT2D eigenvalue weighted by Crippen LogP contribution is -2.22. The summed E-state index contributed by atoms with van der Waals surface area (Å²) in [5, 5.41) is 1.65. The van der Waals surface area contributed by atoms with Crippen LogP contribution in [-0.4, -0.2) is 6.04 Å². The van der Waals surface area contributed by atoms with E-state index in [0.717, 1.165) is 14.9 Å². The van der Waals surface area contributed by atoms with E-state index in [1.54, 1.807) is 11.8 Å². The third-order valence-corrected chi connectivity index (χ3v) is 4.70. The van der Waals surface area contributed by atoms with Crippen LogP contribution in [0.5, 0.6) is 0 Å². The van der Waals surface area contributed by atoms with E-state index in [1.165, 1.54) is 5.56 Å². The molecule has 0 bridgehead atoms. The van der Waals surface area contributed by atoms with E-state index in [2.05, 4.69) is 0 Å². The summed E-state index contributed by atoms with van der Waals surface area (Å²) in [7, 11) is 0. The van der Waals surface area contributed by atoms with E-state index < -0.39 is 0 Å². The molecule has 2 rings (SSSR count). The van der Waals surface area contributed by atoms with Gasteiger partial charge in [0, 0.05) is 26.2 Å². The quantitative estimate of drug-likeness (QED) is 0.788. The van der Waals surface area contributed by atoms with E-state index in [-0.39, 0.29) is 11.3 Å². The van der Waals surface area contributed by atoms with Gasteiger partial charge >= 0.3 is 0 Å².